The smallest absolute Gasteiger partial charge is 0.195 e. The Bertz CT molecular complexity index is 568. The molecule has 2 aromatic heterocycles. The van der Waals surface area contributed by atoms with Crippen molar-refractivity contribution < 1.29 is 0 Å². The van der Waals surface area contributed by atoms with Crippen molar-refractivity contribution in [1.29, 1.82) is 0 Å². The maximum absolute atomic E-state index is 5.36. The van der Waals surface area contributed by atoms with Crippen LogP contribution in [0.15, 0.2) is 24.5 Å². The minimum absolute atomic E-state index is 0.0516. The fourth-order valence-electron chi connectivity index (χ4n) is 2.27. The number of pyridine rings is 1. The fourth-order valence-corrected chi connectivity index (χ4v) is 2.65. The molecule has 0 bridgehead atoms. The lowest BCUT2D eigenvalue weighted by molar-refractivity contribution is 0.323. The van der Waals surface area contributed by atoms with Crippen LogP contribution in [0.5, 0.6) is 0 Å². The minimum atomic E-state index is -0.0516. The largest absolute Gasteiger partial charge is 0.294 e. The molecular formula is C13H18N4S. The van der Waals surface area contributed by atoms with Gasteiger partial charge in [0.05, 0.1) is 0 Å². The normalized spacial score (nSPS) is 11.7. The van der Waals surface area contributed by atoms with Crippen LogP contribution in [0.3, 0.4) is 0 Å². The summed E-state index contributed by atoms with van der Waals surface area (Å²) in [6.45, 7) is 6.54. The Morgan fingerprint density at radius 1 is 1.44 bits per heavy atom. The molecule has 5 heteroatoms. The first-order valence-electron chi connectivity index (χ1n) is 6.14. The summed E-state index contributed by atoms with van der Waals surface area (Å²) in [7, 11) is 0. The summed E-state index contributed by atoms with van der Waals surface area (Å²) in [5.74, 6) is 0.853. The SMILES string of the molecule is CCCC(C)(C)n1c(-c2cccnc2)n[nH]c1=S. The third-order valence-corrected chi connectivity index (χ3v) is 3.33. The van der Waals surface area contributed by atoms with Crippen LogP contribution in [0.4, 0.5) is 0 Å². The summed E-state index contributed by atoms with van der Waals surface area (Å²) in [5.41, 5.74) is 0.929. The van der Waals surface area contributed by atoms with E-state index in [1.54, 1.807) is 6.20 Å². The van der Waals surface area contributed by atoms with Crippen molar-refractivity contribution >= 4 is 12.2 Å². The second-order valence-corrected chi connectivity index (χ2v) is 5.38. The van der Waals surface area contributed by atoms with Crippen LogP contribution in [0.1, 0.15) is 33.6 Å². The second kappa shape index (κ2) is 5.02. The summed E-state index contributed by atoms with van der Waals surface area (Å²) in [6, 6.07) is 3.90. The van der Waals surface area contributed by atoms with Crippen LogP contribution < -0.4 is 0 Å². The Balaban J connectivity index is 2.56. The first kappa shape index (κ1) is 13.0. The van der Waals surface area contributed by atoms with E-state index in [1.807, 2.05) is 18.3 Å². The van der Waals surface area contributed by atoms with Crippen LogP contribution in [0.2, 0.25) is 0 Å². The molecule has 2 aromatic rings. The molecule has 0 saturated carbocycles. The van der Waals surface area contributed by atoms with Crippen molar-refractivity contribution in [3.63, 3.8) is 0 Å². The van der Waals surface area contributed by atoms with Gasteiger partial charge in [-0.1, -0.05) is 13.3 Å². The number of aromatic amines is 1. The maximum atomic E-state index is 5.36. The summed E-state index contributed by atoms with van der Waals surface area (Å²) < 4.78 is 2.75. The van der Waals surface area contributed by atoms with Gasteiger partial charge in [0, 0.05) is 23.5 Å². The van der Waals surface area contributed by atoms with Gasteiger partial charge in [-0.3, -0.25) is 14.6 Å². The predicted molar refractivity (Wildman–Crippen MR) is 74.9 cm³/mol. The minimum Gasteiger partial charge on any atom is -0.294 e. The van der Waals surface area contributed by atoms with Gasteiger partial charge in [0.2, 0.25) is 0 Å². The summed E-state index contributed by atoms with van der Waals surface area (Å²) in [5, 5.41) is 7.23. The lowest BCUT2D eigenvalue weighted by Crippen LogP contribution is -2.27. The van der Waals surface area contributed by atoms with Gasteiger partial charge in [-0.05, 0) is 44.6 Å². The highest BCUT2D eigenvalue weighted by Crippen LogP contribution is 2.27. The summed E-state index contributed by atoms with van der Waals surface area (Å²) >= 11 is 5.36. The molecule has 0 atom stereocenters. The topological polar surface area (TPSA) is 46.5 Å². The highest BCUT2D eigenvalue weighted by atomic mass is 32.1. The Morgan fingerprint density at radius 3 is 2.83 bits per heavy atom. The Morgan fingerprint density at radius 2 is 2.22 bits per heavy atom. The monoisotopic (exact) mass is 262 g/mol. The van der Waals surface area contributed by atoms with Gasteiger partial charge in [-0.15, -0.1) is 0 Å². The van der Waals surface area contributed by atoms with E-state index in [4.69, 9.17) is 12.2 Å². The molecule has 0 spiro atoms. The third-order valence-electron chi connectivity index (χ3n) is 3.06. The van der Waals surface area contributed by atoms with E-state index in [0.717, 1.165) is 24.2 Å². The quantitative estimate of drug-likeness (QED) is 0.857. The van der Waals surface area contributed by atoms with E-state index in [9.17, 15) is 0 Å². The molecule has 0 aliphatic carbocycles. The maximum Gasteiger partial charge on any atom is 0.195 e. The van der Waals surface area contributed by atoms with Gasteiger partial charge in [0.25, 0.3) is 0 Å². The van der Waals surface area contributed by atoms with Crippen molar-refractivity contribution in [1.82, 2.24) is 19.7 Å². The van der Waals surface area contributed by atoms with Crippen molar-refractivity contribution in [3.8, 4) is 11.4 Å². The molecule has 0 radical (unpaired) electrons. The van der Waals surface area contributed by atoms with Crippen LogP contribution >= 0.6 is 12.2 Å². The molecule has 4 nitrogen and oxygen atoms in total. The molecule has 0 aliphatic rings. The number of hydrogen-bond acceptors (Lipinski definition) is 3. The molecule has 96 valence electrons. The predicted octanol–water partition coefficient (Wildman–Crippen LogP) is 3.54. The molecule has 0 fully saturated rings. The zero-order valence-corrected chi connectivity index (χ0v) is 11.8. The van der Waals surface area contributed by atoms with Crippen molar-refractivity contribution in [3.05, 3.63) is 29.3 Å². The van der Waals surface area contributed by atoms with Crippen LogP contribution in [-0.2, 0) is 5.54 Å². The third kappa shape index (κ3) is 2.36. The number of rotatable bonds is 4. The van der Waals surface area contributed by atoms with Crippen LogP contribution in [-0.4, -0.2) is 19.7 Å². The summed E-state index contributed by atoms with van der Waals surface area (Å²) in [4.78, 5) is 4.14. The fraction of sp³-hybridized carbons (Fsp3) is 0.462. The summed E-state index contributed by atoms with van der Waals surface area (Å²) in [6.07, 6.45) is 5.72. The zero-order valence-electron chi connectivity index (χ0n) is 11.0. The molecule has 2 heterocycles. The van der Waals surface area contributed by atoms with Gasteiger partial charge in [-0.2, -0.15) is 5.10 Å². The molecule has 0 aromatic carbocycles. The molecule has 0 aliphatic heterocycles. The Labute approximate surface area is 112 Å². The molecular weight excluding hydrogens is 244 g/mol. The van der Waals surface area contributed by atoms with Crippen molar-refractivity contribution in [2.24, 2.45) is 0 Å². The van der Waals surface area contributed by atoms with Gasteiger partial charge < -0.3 is 0 Å². The second-order valence-electron chi connectivity index (χ2n) is 4.99. The average molecular weight is 262 g/mol. The number of nitrogens with zero attached hydrogens (tertiary/aromatic N) is 3. The first-order chi connectivity index (χ1) is 8.56. The standard InChI is InChI=1S/C13H18N4S/c1-4-7-13(2,3)17-11(15-16-12(17)18)10-6-5-8-14-9-10/h5-6,8-9H,4,7H2,1-3H3,(H,16,18). The van der Waals surface area contributed by atoms with E-state index in [-0.39, 0.29) is 5.54 Å². The molecule has 2 rings (SSSR count). The highest BCUT2D eigenvalue weighted by molar-refractivity contribution is 7.71. The molecule has 0 amide bonds. The van der Waals surface area contributed by atoms with Crippen molar-refractivity contribution in [2.45, 2.75) is 39.2 Å². The van der Waals surface area contributed by atoms with Gasteiger partial charge in [-0.25, -0.2) is 0 Å². The van der Waals surface area contributed by atoms with Crippen molar-refractivity contribution in [2.75, 3.05) is 0 Å². The van der Waals surface area contributed by atoms with E-state index in [1.165, 1.54) is 0 Å². The van der Waals surface area contributed by atoms with Crippen LogP contribution in [0.25, 0.3) is 11.4 Å². The van der Waals surface area contributed by atoms with E-state index < -0.39 is 0 Å². The Hall–Kier alpha value is -1.49. The number of hydrogen-bond donors (Lipinski definition) is 1. The molecule has 18 heavy (non-hydrogen) atoms. The van der Waals surface area contributed by atoms with Crippen LogP contribution in [0, 0.1) is 4.77 Å². The number of H-pyrrole nitrogens is 1. The average Bonchev–Trinajstić information content (AvgIpc) is 2.73. The zero-order chi connectivity index (χ0) is 13.2. The number of nitrogens with one attached hydrogen (secondary N) is 1. The molecule has 0 saturated heterocycles. The Kier molecular flexibility index (Phi) is 3.61. The van der Waals surface area contributed by atoms with Gasteiger partial charge >= 0.3 is 0 Å². The van der Waals surface area contributed by atoms with Gasteiger partial charge in [0.1, 0.15) is 0 Å². The first-order valence-corrected chi connectivity index (χ1v) is 6.55. The molecule has 1 N–H and O–H groups in total. The lowest BCUT2D eigenvalue weighted by atomic mass is 9.98. The highest BCUT2D eigenvalue weighted by Gasteiger charge is 2.24. The van der Waals surface area contributed by atoms with E-state index in [2.05, 4.69) is 40.5 Å². The lowest BCUT2D eigenvalue weighted by Gasteiger charge is -2.27. The van der Waals surface area contributed by atoms with E-state index in [0.29, 0.717) is 4.77 Å². The molecule has 0 unspecified atom stereocenters. The van der Waals surface area contributed by atoms with Gasteiger partial charge in [0.15, 0.2) is 10.6 Å². The number of aromatic nitrogens is 4. The van der Waals surface area contributed by atoms with E-state index >= 15 is 0 Å².